The van der Waals surface area contributed by atoms with Crippen molar-refractivity contribution in [2.75, 3.05) is 5.73 Å². The monoisotopic (exact) mass is 382 g/mol. The Hall–Kier alpha value is -2.37. The molecule has 3 saturated carbocycles. The molecule has 2 aromatic rings. The fraction of sp³-hybridized carbons (Fsp3) is 0.591. The zero-order chi connectivity index (χ0) is 19.9. The van der Waals surface area contributed by atoms with Gasteiger partial charge in [-0.3, -0.25) is 4.79 Å². The lowest BCUT2D eigenvalue weighted by Gasteiger charge is -2.60. The number of rotatable bonds is 7. The normalized spacial score (nSPS) is 26.4. The summed E-state index contributed by atoms with van der Waals surface area (Å²) in [6.45, 7) is 5.76. The Kier molecular flexibility index (Phi) is 4.89. The van der Waals surface area contributed by atoms with Crippen LogP contribution in [0.5, 0.6) is 0 Å². The summed E-state index contributed by atoms with van der Waals surface area (Å²) in [5, 5.41) is 9.69. The number of hydrogen-bond donors (Lipinski definition) is 2. The Balaban J connectivity index is 1.39. The van der Waals surface area contributed by atoms with Crippen LogP contribution in [0.15, 0.2) is 30.9 Å². The van der Waals surface area contributed by atoms with Crippen LogP contribution in [0.25, 0.3) is 0 Å². The van der Waals surface area contributed by atoms with Crippen molar-refractivity contribution < 1.29 is 9.90 Å². The van der Waals surface area contributed by atoms with Gasteiger partial charge in [0.25, 0.3) is 0 Å². The molecule has 5 rings (SSSR count). The predicted octanol–water partition coefficient (Wildman–Crippen LogP) is 3.73. The second-order valence-electron chi connectivity index (χ2n) is 9.21. The summed E-state index contributed by atoms with van der Waals surface area (Å²) in [6.07, 6.45) is 10.9. The molecule has 0 saturated heterocycles. The number of carboxylic acid groups (broad SMARTS) is 1. The third-order valence-electron chi connectivity index (χ3n) is 7.36. The van der Waals surface area contributed by atoms with Crippen LogP contribution in [0.2, 0.25) is 0 Å². The topological polar surface area (TPSA) is 94.0 Å². The van der Waals surface area contributed by atoms with Gasteiger partial charge in [0.05, 0.1) is 12.0 Å². The molecule has 0 spiro atoms. The van der Waals surface area contributed by atoms with E-state index in [4.69, 9.17) is 5.73 Å². The van der Waals surface area contributed by atoms with Crippen LogP contribution in [0.1, 0.15) is 56.7 Å². The average Bonchev–Trinajstić information content (AvgIpc) is 3.14. The van der Waals surface area contributed by atoms with Gasteiger partial charge in [-0.2, -0.15) is 0 Å². The Morgan fingerprint density at radius 3 is 2.82 bits per heavy atom. The summed E-state index contributed by atoms with van der Waals surface area (Å²) in [5.74, 6) is 1.45. The van der Waals surface area contributed by atoms with Gasteiger partial charge in [0.1, 0.15) is 11.7 Å². The lowest BCUT2D eigenvalue weighted by molar-refractivity contribution is -0.138. The molecule has 3 N–H and O–H groups in total. The van der Waals surface area contributed by atoms with Crippen molar-refractivity contribution in [3.05, 3.63) is 42.1 Å². The minimum Gasteiger partial charge on any atom is -0.481 e. The van der Waals surface area contributed by atoms with Gasteiger partial charge < -0.3 is 15.4 Å². The zero-order valence-corrected chi connectivity index (χ0v) is 16.7. The second-order valence-corrected chi connectivity index (χ2v) is 9.21. The van der Waals surface area contributed by atoms with E-state index in [2.05, 4.69) is 28.4 Å². The SMILES string of the molecule is CC1(C)C2CCC(CCn3cnc([C@@H](Cc4ccc(N)nc4)C(=O)O)c3)C1C2. The molecule has 0 radical (unpaired) electrons. The Morgan fingerprint density at radius 2 is 2.18 bits per heavy atom. The van der Waals surface area contributed by atoms with E-state index in [1.54, 1.807) is 18.6 Å². The highest BCUT2D eigenvalue weighted by molar-refractivity contribution is 5.75. The minimum absolute atomic E-state index is 0.361. The first kappa shape index (κ1) is 19.0. The van der Waals surface area contributed by atoms with Gasteiger partial charge >= 0.3 is 5.97 Å². The lowest BCUT2D eigenvalue weighted by Crippen LogP contribution is -2.52. The van der Waals surface area contributed by atoms with E-state index in [-0.39, 0.29) is 0 Å². The summed E-state index contributed by atoms with van der Waals surface area (Å²) in [6, 6.07) is 3.52. The van der Waals surface area contributed by atoms with Crippen molar-refractivity contribution in [2.45, 2.75) is 58.4 Å². The van der Waals surface area contributed by atoms with Crippen LogP contribution in [0.4, 0.5) is 5.82 Å². The van der Waals surface area contributed by atoms with E-state index in [1.165, 1.54) is 19.3 Å². The largest absolute Gasteiger partial charge is 0.481 e. The van der Waals surface area contributed by atoms with Gasteiger partial charge in [-0.25, -0.2) is 9.97 Å². The van der Waals surface area contributed by atoms with Crippen molar-refractivity contribution >= 4 is 11.8 Å². The number of hydrogen-bond acceptors (Lipinski definition) is 4. The van der Waals surface area contributed by atoms with E-state index in [9.17, 15) is 9.90 Å². The van der Waals surface area contributed by atoms with Crippen molar-refractivity contribution in [3.8, 4) is 0 Å². The molecule has 3 fully saturated rings. The first-order valence-electron chi connectivity index (χ1n) is 10.3. The molecule has 4 atom stereocenters. The molecular formula is C22H30N4O2. The zero-order valence-electron chi connectivity index (χ0n) is 16.7. The fourth-order valence-corrected chi connectivity index (χ4v) is 5.41. The minimum atomic E-state index is -0.864. The number of carbonyl (C=O) groups is 1. The van der Waals surface area contributed by atoms with E-state index in [0.29, 0.717) is 23.3 Å². The molecule has 3 aliphatic rings. The summed E-state index contributed by atoms with van der Waals surface area (Å²) < 4.78 is 2.06. The van der Waals surface area contributed by atoms with Crippen molar-refractivity contribution in [3.63, 3.8) is 0 Å². The standard InChI is InChI=1S/C22H30N4O2/c1-22(2)16-5-4-15(18(22)10-16)7-8-26-12-19(25-13-26)17(21(27)28)9-14-3-6-20(23)24-11-14/h3,6,11-13,15-18H,4-5,7-10H2,1-2H3,(H2,23,24)(H,27,28)/t15?,16?,17-,18?/m1/s1. The molecule has 2 aromatic heterocycles. The number of anilines is 1. The van der Waals surface area contributed by atoms with Gasteiger partial charge in [0, 0.05) is 18.9 Å². The maximum atomic E-state index is 11.8. The molecule has 0 amide bonds. The summed E-state index contributed by atoms with van der Waals surface area (Å²) >= 11 is 0. The maximum absolute atomic E-state index is 11.8. The Labute approximate surface area is 166 Å². The number of nitrogen functional groups attached to an aromatic ring is 1. The first-order chi connectivity index (χ1) is 13.3. The van der Waals surface area contributed by atoms with Crippen LogP contribution in [0, 0.1) is 23.2 Å². The summed E-state index contributed by atoms with van der Waals surface area (Å²) in [4.78, 5) is 20.3. The van der Waals surface area contributed by atoms with E-state index >= 15 is 0 Å². The van der Waals surface area contributed by atoms with E-state index in [1.807, 2.05) is 12.3 Å². The summed E-state index contributed by atoms with van der Waals surface area (Å²) in [5.41, 5.74) is 7.57. The molecule has 6 nitrogen and oxygen atoms in total. The predicted molar refractivity (Wildman–Crippen MR) is 108 cm³/mol. The lowest BCUT2D eigenvalue weighted by atomic mass is 9.45. The Morgan fingerprint density at radius 1 is 1.36 bits per heavy atom. The second kappa shape index (κ2) is 7.22. The molecule has 3 aliphatic carbocycles. The smallest absolute Gasteiger partial charge is 0.312 e. The molecular weight excluding hydrogens is 352 g/mol. The highest BCUT2D eigenvalue weighted by Gasteiger charge is 2.53. The number of aromatic nitrogens is 3. The third kappa shape index (κ3) is 3.52. The van der Waals surface area contributed by atoms with Crippen LogP contribution in [0.3, 0.4) is 0 Å². The van der Waals surface area contributed by atoms with E-state index < -0.39 is 11.9 Å². The number of nitrogens with two attached hydrogens (primary N) is 1. The van der Waals surface area contributed by atoms with Gasteiger partial charge in [-0.15, -0.1) is 0 Å². The molecule has 6 heteroatoms. The first-order valence-corrected chi connectivity index (χ1v) is 10.3. The van der Waals surface area contributed by atoms with Crippen LogP contribution in [-0.2, 0) is 17.8 Å². The number of aryl methyl sites for hydroxylation is 1. The van der Waals surface area contributed by atoms with Crippen molar-refractivity contribution in [1.29, 1.82) is 0 Å². The molecule has 150 valence electrons. The number of pyridine rings is 1. The summed E-state index contributed by atoms with van der Waals surface area (Å²) in [7, 11) is 0. The van der Waals surface area contributed by atoms with Crippen molar-refractivity contribution in [1.82, 2.24) is 14.5 Å². The molecule has 3 unspecified atom stereocenters. The highest BCUT2D eigenvalue weighted by atomic mass is 16.4. The Bertz CT molecular complexity index is 840. The van der Waals surface area contributed by atoms with Gasteiger partial charge in [-0.1, -0.05) is 19.9 Å². The van der Waals surface area contributed by atoms with Crippen LogP contribution in [-0.4, -0.2) is 25.6 Å². The number of imidazole rings is 1. The molecule has 28 heavy (non-hydrogen) atoms. The fourth-order valence-electron chi connectivity index (χ4n) is 5.41. The molecule has 2 bridgehead atoms. The van der Waals surface area contributed by atoms with Gasteiger partial charge in [-0.05, 0) is 66.9 Å². The number of carboxylic acids is 1. The number of aliphatic carboxylic acids is 1. The van der Waals surface area contributed by atoms with Gasteiger partial charge in [0.2, 0.25) is 0 Å². The number of nitrogens with zero attached hydrogens (tertiary/aromatic N) is 3. The van der Waals surface area contributed by atoms with Crippen LogP contribution >= 0.6 is 0 Å². The van der Waals surface area contributed by atoms with E-state index in [0.717, 1.165) is 36.3 Å². The molecule has 2 heterocycles. The van der Waals surface area contributed by atoms with Crippen LogP contribution < -0.4 is 5.73 Å². The van der Waals surface area contributed by atoms with Gasteiger partial charge in [0.15, 0.2) is 0 Å². The molecule has 0 aromatic carbocycles. The molecule has 0 aliphatic heterocycles. The third-order valence-corrected chi connectivity index (χ3v) is 7.36. The average molecular weight is 383 g/mol. The number of fused-ring (bicyclic) bond motifs is 2. The maximum Gasteiger partial charge on any atom is 0.312 e. The highest BCUT2D eigenvalue weighted by Crippen LogP contribution is 2.62. The van der Waals surface area contributed by atoms with Crippen molar-refractivity contribution in [2.24, 2.45) is 23.2 Å². The quantitative estimate of drug-likeness (QED) is 0.761.